The second kappa shape index (κ2) is 7.04. The van der Waals surface area contributed by atoms with Gasteiger partial charge >= 0.3 is 11.5 Å². The van der Waals surface area contributed by atoms with E-state index in [-0.39, 0.29) is 23.8 Å². The lowest BCUT2D eigenvalue weighted by Gasteiger charge is -2.14. The number of hydrogen-bond donors (Lipinski definition) is 0. The molecule has 0 aliphatic heterocycles. The van der Waals surface area contributed by atoms with E-state index in [4.69, 9.17) is 9.47 Å². The molecule has 1 aliphatic rings. The summed E-state index contributed by atoms with van der Waals surface area (Å²) in [4.78, 5) is 35.7. The summed E-state index contributed by atoms with van der Waals surface area (Å²) >= 11 is 0. The summed E-state index contributed by atoms with van der Waals surface area (Å²) in [5, 5.41) is 3.94. The Morgan fingerprint density at radius 3 is 2.83 bits per heavy atom. The van der Waals surface area contributed by atoms with Crippen LogP contribution in [0.3, 0.4) is 0 Å². The fraction of sp³-hybridized carbons (Fsp3) is 0.375. The summed E-state index contributed by atoms with van der Waals surface area (Å²) in [5.41, 5.74) is -0.180. The van der Waals surface area contributed by atoms with Crippen LogP contribution in [0.2, 0.25) is 0 Å². The molecule has 7 heteroatoms. The maximum absolute atomic E-state index is 12.3. The molecular formula is C16H18N2O5. The Morgan fingerprint density at radius 2 is 2.17 bits per heavy atom. The number of nitrogens with zero attached hydrogens (tertiary/aromatic N) is 2. The fourth-order valence-electron chi connectivity index (χ4n) is 2.20. The van der Waals surface area contributed by atoms with Gasteiger partial charge < -0.3 is 9.47 Å². The molecule has 0 saturated carbocycles. The van der Waals surface area contributed by atoms with Crippen LogP contribution in [0.15, 0.2) is 29.3 Å². The molecule has 0 radical (unpaired) electrons. The molecule has 0 atom stereocenters. The highest BCUT2D eigenvalue weighted by atomic mass is 16.5. The van der Waals surface area contributed by atoms with Crippen molar-refractivity contribution in [1.29, 1.82) is 0 Å². The molecular weight excluding hydrogens is 300 g/mol. The molecule has 0 bridgehead atoms. The molecule has 2 rings (SSSR count). The molecule has 1 aliphatic carbocycles. The Labute approximate surface area is 133 Å². The monoisotopic (exact) mass is 318 g/mol. The van der Waals surface area contributed by atoms with Gasteiger partial charge in [-0.2, -0.15) is 5.10 Å². The number of ketones is 1. The number of carbonyl (C=O) groups excluding carboxylic acids is 2. The van der Waals surface area contributed by atoms with Gasteiger partial charge in [0.05, 0.1) is 0 Å². The number of ether oxygens (including phenoxy) is 2. The van der Waals surface area contributed by atoms with Gasteiger partial charge in [-0.1, -0.05) is 12.7 Å². The molecule has 1 aromatic heterocycles. The van der Waals surface area contributed by atoms with E-state index in [1.165, 1.54) is 19.2 Å². The van der Waals surface area contributed by atoms with Crippen LogP contribution in [0.25, 0.3) is 0 Å². The Bertz CT molecular complexity index is 746. The van der Waals surface area contributed by atoms with Crippen molar-refractivity contribution in [2.45, 2.75) is 26.2 Å². The number of carbonyl (C=O) groups is 2. The highest BCUT2D eigenvalue weighted by Gasteiger charge is 2.23. The third kappa shape index (κ3) is 3.74. The average molecular weight is 318 g/mol. The molecule has 1 heterocycles. The zero-order valence-corrected chi connectivity index (χ0v) is 13.1. The van der Waals surface area contributed by atoms with Crippen LogP contribution in [-0.2, 0) is 16.6 Å². The van der Waals surface area contributed by atoms with Crippen LogP contribution in [0.4, 0.5) is 0 Å². The van der Waals surface area contributed by atoms with Crippen molar-refractivity contribution in [3.63, 3.8) is 0 Å². The third-order valence-corrected chi connectivity index (χ3v) is 3.36. The van der Waals surface area contributed by atoms with Crippen LogP contribution < -0.4 is 10.3 Å². The summed E-state index contributed by atoms with van der Waals surface area (Å²) in [6.07, 6.45) is 4.44. The van der Waals surface area contributed by atoms with E-state index in [0.717, 1.165) is 4.68 Å². The number of aryl methyl sites for hydroxylation is 1. The van der Waals surface area contributed by atoms with Crippen molar-refractivity contribution >= 4 is 11.8 Å². The molecule has 0 N–H and O–H groups in total. The smallest absolute Gasteiger partial charge is 0.364 e. The number of aromatic nitrogens is 2. The van der Waals surface area contributed by atoms with E-state index in [0.29, 0.717) is 30.6 Å². The summed E-state index contributed by atoms with van der Waals surface area (Å²) < 4.78 is 11.6. The molecule has 0 unspecified atom stereocenters. The van der Waals surface area contributed by atoms with Crippen LogP contribution in [-0.4, -0.2) is 28.1 Å². The molecule has 0 amide bonds. The van der Waals surface area contributed by atoms with E-state index in [1.807, 2.05) is 0 Å². The van der Waals surface area contributed by atoms with Gasteiger partial charge in [0.25, 0.3) is 0 Å². The van der Waals surface area contributed by atoms with Crippen molar-refractivity contribution in [1.82, 2.24) is 9.78 Å². The largest absolute Gasteiger partial charge is 0.483 e. The van der Waals surface area contributed by atoms with Gasteiger partial charge in [-0.25, -0.2) is 9.48 Å². The summed E-state index contributed by atoms with van der Waals surface area (Å²) in [6, 6.07) is 0. The third-order valence-electron chi connectivity index (χ3n) is 3.36. The maximum Gasteiger partial charge on any atom is 0.364 e. The normalized spacial score (nSPS) is 14.2. The Morgan fingerprint density at radius 1 is 1.43 bits per heavy atom. The standard InChI is InChI=1S/C16H18N2O5/c1-4-8-22-14-10(2)13(17-18(3)15(14)20)16(21)23-12-7-5-6-11(19)9-12/h4,9H,1,5-8H2,2-3H3. The van der Waals surface area contributed by atoms with Gasteiger partial charge in [0.1, 0.15) is 12.4 Å². The second-order valence-electron chi connectivity index (χ2n) is 5.15. The summed E-state index contributed by atoms with van der Waals surface area (Å²) in [6.45, 7) is 5.21. The second-order valence-corrected chi connectivity index (χ2v) is 5.15. The van der Waals surface area contributed by atoms with Crippen LogP contribution >= 0.6 is 0 Å². The first-order chi connectivity index (χ1) is 10.9. The fourth-order valence-corrected chi connectivity index (χ4v) is 2.20. The number of hydrogen-bond acceptors (Lipinski definition) is 6. The summed E-state index contributed by atoms with van der Waals surface area (Å²) in [7, 11) is 1.42. The van der Waals surface area contributed by atoms with Crippen molar-refractivity contribution in [3.05, 3.63) is 46.1 Å². The predicted octanol–water partition coefficient (Wildman–Crippen LogP) is 1.45. The molecule has 0 spiro atoms. The molecule has 0 fully saturated rings. The van der Waals surface area contributed by atoms with Gasteiger partial charge in [-0.3, -0.25) is 9.59 Å². The lowest BCUT2D eigenvalue weighted by Crippen LogP contribution is -2.27. The molecule has 23 heavy (non-hydrogen) atoms. The molecule has 0 aromatic carbocycles. The van der Waals surface area contributed by atoms with E-state index in [9.17, 15) is 14.4 Å². The zero-order valence-electron chi connectivity index (χ0n) is 13.1. The number of esters is 1. The van der Waals surface area contributed by atoms with Crippen LogP contribution in [0.1, 0.15) is 35.3 Å². The van der Waals surface area contributed by atoms with Crippen molar-refractivity contribution in [2.24, 2.45) is 7.05 Å². The minimum atomic E-state index is -0.720. The topological polar surface area (TPSA) is 87.5 Å². The Balaban J connectivity index is 2.33. The van der Waals surface area contributed by atoms with Gasteiger partial charge in [0.15, 0.2) is 17.2 Å². The van der Waals surface area contributed by atoms with Crippen molar-refractivity contribution in [2.75, 3.05) is 6.61 Å². The molecule has 7 nitrogen and oxygen atoms in total. The highest BCUT2D eigenvalue weighted by Crippen LogP contribution is 2.20. The zero-order chi connectivity index (χ0) is 17.0. The average Bonchev–Trinajstić information content (AvgIpc) is 2.51. The van der Waals surface area contributed by atoms with Crippen molar-refractivity contribution in [3.8, 4) is 5.75 Å². The quantitative estimate of drug-likeness (QED) is 0.603. The highest BCUT2D eigenvalue weighted by molar-refractivity contribution is 5.93. The van der Waals surface area contributed by atoms with Crippen LogP contribution in [0, 0.1) is 6.92 Å². The van der Waals surface area contributed by atoms with Gasteiger partial charge in [-0.15, -0.1) is 0 Å². The lowest BCUT2D eigenvalue weighted by atomic mass is 10.1. The first-order valence-electron chi connectivity index (χ1n) is 7.21. The minimum absolute atomic E-state index is 0.0231. The Hall–Kier alpha value is -2.70. The molecule has 0 saturated heterocycles. The van der Waals surface area contributed by atoms with E-state index >= 15 is 0 Å². The van der Waals surface area contributed by atoms with Gasteiger partial charge in [0, 0.05) is 31.5 Å². The SMILES string of the molecule is C=CCOc1c(C)c(C(=O)OC2=CC(=O)CCC2)nn(C)c1=O. The Kier molecular flexibility index (Phi) is 5.10. The summed E-state index contributed by atoms with van der Waals surface area (Å²) in [5.74, 6) is -0.445. The van der Waals surface area contributed by atoms with Crippen molar-refractivity contribution < 1.29 is 19.1 Å². The first kappa shape index (κ1) is 16.7. The maximum atomic E-state index is 12.3. The lowest BCUT2D eigenvalue weighted by molar-refractivity contribution is -0.115. The van der Waals surface area contributed by atoms with Gasteiger partial charge in [-0.05, 0) is 13.3 Å². The molecule has 122 valence electrons. The van der Waals surface area contributed by atoms with E-state index in [2.05, 4.69) is 11.7 Å². The van der Waals surface area contributed by atoms with Gasteiger partial charge in [0.2, 0.25) is 0 Å². The van der Waals surface area contributed by atoms with Crippen LogP contribution in [0.5, 0.6) is 5.75 Å². The number of rotatable bonds is 5. The molecule has 1 aromatic rings. The first-order valence-corrected chi connectivity index (χ1v) is 7.21. The number of allylic oxidation sites excluding steroid dienone is 2. The minimum Gasteiger partial charge on any atom is -0.483 e. The van der Waals surface area contributed by atoms with E-state index < -0.39 is 11.5 Å². The predicted molar refractivity (Wildman–Crippen MR) is 82.3 cm³/mol. The van der Waals surface area contributed by atoms with E-state index in [1.54, 1.807) is 6.92 Å².